The van der Waals surface area contributed by atoms with E-state index in [9.17, 15) is 4.79 Å². The zero-order valence-corrected chi connectivity index (χ0v) is 11.2. The largest absolute Gasteiger partial charge is 0.496 e. The first-order valence-electron chi connectivity index (χ1n) is 6.10. The second-order valence-electron chi connectivity index (χ2n) is 4.37. The van der Waals surface area contributed by atoms with Crippen molar-refractivity contribution < 1.29 is 19.0 Å². The van der Waals surface area contributed by atoms with Crippen LogP contribution in [-0.4, -0.2) is 26.1 Å². The monoisotopic (exact) mass is 250 g/mol. The molecule has 1 unspecified atom stereocenters. The molecule has 0 fully saturated rings. The maximum Gasteiger partial charge on any atom is 0.174 e. The minimum atomic E-state index is -0.105. The first kappa shape index (κ1) is 12.7. The van der Waals surface area contributed by atoms with Crippen LogP contribution < -0.4 is 14.2 Å². The van der Waals surface area contributed by atoms with Gasteiger partial charge in [0.2, 0.25) is 0 Å². The van der Waals surface area contributed by atoms with Crippen LogP contribution in [0, 0.1) is 0 Å². The average molecular weight is 250 g/mol. The second-order valence-corrected chi connectivity index (χ2v) is 4.37. The minimum Gasteiger partial charge on any atom is -0.496 e. The molecular formula is C14H18O4. The Morgan fingerprint density at radius 2 is 2.00 bits per heavy atom. The highest BCUT2D eigenvalue weighted by Crippen LogP contribution is 2.43. The van der Waals surface area contributed by atoms with E-state index in [1.165, 1.54) is 0 Å². The van der Waals surface area contributed by atoms with Gasteiger partial charge in [-0.15, -0.1) is 0 Å². The van der Waals surface area contributed by atoms with E-state index in [2.05, 4.69) is 0 Å². The third kappa shape index (κ3) is 1.92. The standard InChI is InChI=1S/C14H18O4/c1-5-9-11(16-3)7-12(17-4)13-10(15)6-8(2)18-14(9)13/h7-8H,5-6H2,1-4H3. The van der Waals surface area contributed by atoms with Crippen LogP contribution in [0.25, 0.3) is 0 Å². The average Bonchev–Trinajstić information content (AvgIpc) is 2.36. The zero-order valence-electron chi connectivity index (χ0n) is 11.2. The molecule has 0 saturated heterocycles. The Balaban J connectivity index is 2.70. The van der Waals surface area contributed by atoms with Crippen molar-refractivity contribution >= 4 is 5.78 Å². The predicted molar refractivity (Wildman–Crippen MR) is 68.0 cm³/mol. The predicted octanol–water partition coefficient (Wildman–Crippen LogP) is 2.62. The van der Waals surface area contributed by atoms with Gasteiger partial charge in [0.15, 0.2) is 5.78 Å². The lowest BCUT2D eigenvalue weighted by Gasteiger charge is -2.27. The summed E-state index contributed by atoms with van der Waals surface area (Å²) in [5.41, 5.74) is 1.47. The van der Waals surface area contributed by atoms with Gasteiger partial charge in [-0.3, -0.25) is 4.79 Å². The Bertz CT molecular complexity index is 479. The summed E-state index contributed by atoms with van der Waals surface area (Å²) in [4.78, 5) is 12.1. The maximum absolute atomic E-state index is 12.1. The summed E-state index contributed by atoms with van der Waals surface area (Å²) in [7, 11) is 3.15. The highest BCUT2D eigenvalue weighted by atomic mass is 16.5. The van der Waals surface area contributed by atoms with Gasteiger partial charge in [-0.2, -0.15) is 0 Å². The van der Waals surface area contributed by atoms with Crippen molar-refractivity contribution in [3.8, 4) is 17.2 Å². The lowest BCUT2D eigenvalue weighted by atomic mass is 9.95. The Morgan fingerprint density at radius 1 is 1.33 bits per heavy atom. The lowest BCUT2D eigenvalue weighted by molar-refractivity contribution is 0.0863. The molecule has 0 aliphatic carbocycles. The molecule has 1 aromatic rings. The van der Waals surface area contributed by atoms with Gasteiger partial charge in [0.1, 0.15) is 28.9 Å². The number of hydrogen-bond acceptors (Lipinski definition) is 4. The van der Waals surface area contributed by atoms with E-state index in [0.717, 1.165) is 12.0 Å². The van der Waals surface area contributed by atoms with Crippen molar-refractivity contribution in [1.82, 2.24) is 0 Å². The molecule has 1 atom stereocenters. The molecule has 4 nitrogen and oxygen atoms in total. The van der Waals surface area contributed by atoms with Gasteiger partial charge in [0.05, 0.1) is 14.2 Å². The Labute approximate surface area is 107 Å². The summed E-state index contributed by atoms with van der Waals surface area (Å²) in [6, 6.07) is 1.76. The van der Waals surface area contributed by atoms with E-state index in [-0.39, 0.29) is 11.9 Å². The Morgan fingerprint density at radius 3 is 2.56 bits per heavy atom. The number of methoxy groups -OCH3 is 2. The van der Waals surface area contributed by atoms with Crippen molar-refractivity contribution in [2.45, 2.75) is 32.8 Å². The fourth-order valence-corrected chi connectivity index (χ4v) is 2.33. The quantitative estimate of drug-likeness (QED) is 0.827. The molecule has 0 spiro atoms. The topological polar surface area (TPSA) is 44.8 Å². The molecule has 1 heterocycles. The Kier molecular flexibility index (Phi) is 3.45. The number of carbonyl (C=O) groups excluding carboxylic acids is 1. The van der Waals surface area contributed by atoms with E-state index < -0.39 is 0 Å². The third-order valence-electron chi connectivity index (χ3n) is 3.17. The minimum absolute atomic E-state index is 0.0675. The van der Waals surface area contributed by atoms with Crippen LogP contribution in [0.15, 0.2) is 6.07 Å². The number of rotatable bonds is 3. The fourth-order valence-electron chi connectivity index (χ4n) is 2.33. The summed E-state index contributed by atoms with van der Waals surface area (Å²) in [6.45, 7) is 3.91. The molecule has 0 radical (unpaired) electrons. The van der Waals surface area contributed by atoms with Crippen molar-refractivity contribution in [2.24, 2.45) is 0 Å². The van der Waals surface area contributed by atoms with Gasteiger partial charge >= 0.3 is 0 Å². The van der Waals surface area contributed by atoms with Gasteiger partial charge in [-0.25, -0.2) is 0 Å². The van der Waals surface area contributed by atoms with Crippen LogP contribution in [0.3, 0.4) is 0 Å². The van der Waals surface area contributed by atoms with E-state index in [0.29, 0.717) is 29.2 Å². The molecule has 0 amide bonds. The molecule has 1 aromatic carbocycles. The van der Waals surface area contributed by atoms with Gasteiger partial charge in [0, 0.05) is 18.1 Å². The number of carbonyl (C=O) groups is 1. The molecular weight excluding hydrogens is 232 g/mol. The number of fused-ring (bicyclic) bond motifs is 1. The van der Waals surface area contributed by atoms with Crippen molar-refractivity contribution in [2.75, 3.05) is 14.2 Å². The first-order chi connectivity index (χ1) is 8.62. The smallest absolute Gasteiger partial charge is 0.174 e. The number of Topliss-reactive ketones (excluding diaryl/α,β-unsaturated/α-hetero) is 1. The van der Waals surface area contributed by atoms with Crippen molar-refractivity contribution in [3.05, 3.63) is 17.2 Å². The number of hydrogen-bond donors (Lipinski definition) is 0. The van der Waals surface area contributed by atoms with E-state index >= 15 is 0 Å². The molecule has 4 heteroatoms. The molecule has 1 aliphatic heterocycles. The van der Waals surface area contributed by atoms with Crippen LogP contribution in [0.4, 0.5) is 0 Å². The van der Waals surface area contributed by atoms with Gasteiger partial charge in [0.25, 0.3) is 0 Å². The molecule has 0 aromatic heterocycles. The summed E-state index contributed by atoms with van der Waals surface area (Å²) >= 11 is 0. The van der Waals surface area contributed by atoms with Crippen molar-refractivity contribution in [1.29, 1.82) is 0 Å². The van der Waals surface area contributed by atoms with Gasteiger partial charge in [-0.05, 0) is 13.3 Å². The highest BCUT2D eigenvalue weighted by Gasteiger charge is 2.31. The third-order valence-corrected chi connectivity index (χ3v) is 3.17. The van der Waals surface area contributed by atoms with Crippen LogP contribution in [0.1, 0.15) is 36.2 Å². The molecule has 0 N–H and O–H groups in total. The van der Waals surface area contributed by atoms with Crippen LogP contribution >= 0.6 is 0 Å². The molecule has 1 aliphatic rings. The normalized spacial score (nSPS) is 18.0. The van der Waals surface area contributed by atoms with E-state index in [4.69, 9.17) is 14.2 Å². The van der Waals surface area contributed by atoms with Gasteiger partial charge in [-0.1, -0.05) is 6.92 Å². The summed E-state index contributed by atoms with van der Waals surface area (Å²) in [5, 5.41) is 0. The number of ketones is 1. The second kappa shape index (κ2) is 4.88. The molecule has 0 bridgehead atoms. The van der Waals surface area contributed by atoms with Crippen LogP contribution in [-0.2, 0) is 6.42 Å². The molecule has 98 valence electrons. The number of benzene rings is 1. The summed E-state index contributed by atoms with van der Waals surface area (Å²) in [6.07, 6.45) is 1.03. The summed E-state index contributed by atoms with van der Waals surface area (Å²) < 4.78 is 16.5. The Hall–Kier alpha value is -1.71. The maximum atomic E-state index is 12.1. The first-order valence-corrected chi connectivity index (χ1v) is 6.10. The van der Waals surface area contributed by atoms with E-state index in [1.54, 1.807) is 20.3 Å². The van der Waals surface area contributed by atoms with Crippen LogP contribution in [0.5, 0.6) is 17.2 Å². The molecule has 18 heavy (non-hydrogen) atoms. The van der Waals surface area contributed by atoms with E-state index in [1.807, 2.05) is 13.8 Å². The van der Waals surface area contributed by atoms with Crippen molar-refractivity contribution in [3.63, 3.8) is 0 Å². The van der Waals surface area contributed by atoms with Crippen LogP contribution in [0.2, 0.25) is 0 Å². The number of ether oxygens (including phenoxy) is 3. The highest BCUT2D eigenvalue weighted by molar-refractivity contribution is 6.03. The zero-order chi connectivity index (χ0) is 13.3. The fraction of sp³-hybridized carbons (Fsp3) is 0.500. The van der Waals surface area contributed by atoms with Gasteiger partial charge < -0.3 is 14.2 Å². The SMILES string of the molecule is CCc1c(OC)cc(OC)c2c1OC(C)CC2=O. The lowest BCUT2D eigenvalue weighted by Crippen LogP contribution is -2.25. The summed E-state index contributed by atoms with van der Waals surface area (Å²) in [5.74, 6) is 1.92. The molecule has 0 saturated carbocycles. The molecule has 2 rings (SSSR count).